The van der Waals surface area contributed by atoms with Gasteiger partial charge < -0.3 is 10.1 Å². The lowest BCUT2D eigenvalue weighted by atomic mass is 9.98. The van der Waals surface area contributed by atoms with E-state index in [0.29, 0.717) is 5.57 Å². The van der Waals surface area contributed by atoms with Crippen LogP contribution in [0.4, 0.5) is 0 Å². The highest BCUT2D eigenvalue weighted by Crippen LogP contribution is 2.26. The van der Waals surface area contributed by atoms with E-state index in [4.69, 9.17) is 5.41 Å². The maximum Gasteiger partial charge on any atom is 0.340 e. The summed E-state index contributed by atoms with van der Waals surface area (Å²) in [7, 11) is 1.30. The summed E-state index contributed by atoms with van der Waals surface area (Å²) in [6.07, 6.45) is 5.01. The number of hydrogen-bond donors (Lipinski definition) is 2. The van der Waals surface area contributed by atoms with Crippen LogP contribution in [0.1, 0.15) is 6.92 Å². The Labute approximate surface area is 103 Å². The van der Waals surface area contributed by atoms with Crippen molar-refractivity contribution in [2.45, 2.75) is 6.92 Å². The first kappa shape index (κ1) is 12.7. The molecule has 0 atom stereocenters. The predicted octanol–water partition coefficient (Wildman–Crippen LogP) is 1.89. The van der Waals surface area contributed by atoms with Gasteiger partial charge in [0.2, 0.25) is 0 Å². The van der Waals surface area contributed by atoms with Crippen LogP contribution in [0.2, 0.25) is 0 Å². The Morgan fingerprint density at radius 2 is 2.31 bits per heavy atom. The van der Waals surface area contributed by atoms with Crippen LogP contribution < -0.4 is 5.32 Å². The van der Waals surface area contributed by atoms with E-state index in [1.807, 2.05) is 6.92 Å². The van der Waals surface area contributed by atoms with Crippen LogP contribution in [-0.4, -0.2) is 25.3 Å². The monoisotopic (exact) mass is 284 g/mol. The molecule has 1 aliphatic carbocycles. The fraction of sp³-hybridized carbons (Fsp3) is 0.273. The average Bonchev–Trinajstić information content (AvgIpc) is 2.28. The largest absolute Gasteiger partial charge is 0.465 e. The Bertz CT molecular complexity index is 408. The molecule has 0 unspecified atom stereocenters. The van der Waals surface area contributed by atoms with E-state index < -0.39 is 5.97 Å². The van der Waals surface area contributed by atoms with E-state index in [1.54, 1.807) is 18.4 Å². The van der Waals surface area contributed by atoms with Crippen LogP contribution in [0.5, 0.6) is 0 Å². The molecule has 5 heteroatoms. The first-order valence-corrected chi connectivity index (χ1v) is 5.60. The number of carbonyl (C=O) groups is 1. The molecule has 0 aromatic carbocycles. The Morgan fingerprint density at radius 3 is 2.88 bits per heavy atom. The van der Waals surface area contributed by atoms with Gasteiger partial charge in [0.05, 0.1) is 18.4 Å². The lowest BCUT2D eigenvalue weighted by molar-refractivity contribution is -0.135. The number of rotatable bonds is 3. The van der Waals surface area contributed by atoms with Gasteiger partial charge in [-0.2, -0.15) is 0 Å². The molecule has 2 N–H and O–H groups in total. The van der Waals surface area contributed by atoms with Crippen molar-refractivity contribution in [1.82, 2.24) is 5.32 Å². The van der Waals surface area contributed by atoms with Gasteiger partial charge in [-0.1, -0.05) is 15.9 Å². The molecule has 0 saturated heterocycles. The van der Waals surface area contributed by atoms with E-state index >= 15 is 0 Å². The third-order valence-electron chi connectivity index (χ3n) is 2.05. The standard InChI is InChI=1S/C11H13BrN2O2/c1-3-14-6-8-9(12)5-4-7(10(8)13)11(15)16-2/h4-6,13-14H,3H2,1-2H3/b8-6-,13-10?. The minimum atomic E-state index is -0.497. The minimum Gasteiger partial charge on any atom is -0.465 e. The first-order chi connectivity index (χ1) is 7.61. The van der Waals surface area contributed by atoms with Crippen LogP contribution in [-0.2, 0) is 9.53 Å². The Kier molecular flexibility index (Phi) is 4.49. The predicted molar refractivity (Wildman–Crippen MR) is 66.6 cm³/mol. The zero-order valence-corrected chi connectivity index (χ0v) is 10.7. The normalized spacial score (nSPS) is 17.9. The van der Waals surface area contributed by atoms with Gasteiger partial charge in [-0.05, 0) is 19.1 Å². The molecule has 0 bridgehead atoms. The highest BCUT2D eigenvalue weighted by atomic mass is 79.9. The second-order valence-corrected chi connectivity index (χ2v) is 3.93. The third-order valence-corrected chi connectivity index (χ3v) is 2.74. The zero-order chi connectivity index (χ0) is 12.1. The highest BCUT2D eigenvalue weighted by molar-refractivity contribution is 9.12. The van der Waals surface area contributed by atoms with Gasteiger partial charge in [0.25, 0.3) is 0 Å². The summed E-state index contributed by atoms with van der Waals surface area (Å²) >= 11 is 3.34. The molecule has 0 fully saturated rings. The fourth-order valence-electron chi connectivity index (χ4n) is 1.22. The first-order valence-electron chi connectivity index (χ1n) is 4.80. The zero-order valence-electron chi connectivity index (χ0n) is 9.13. The van der Waals surface area contributed by atoms with Crippen LogP contribution >= 0.6 is 15.9 Å². The van der Waals surface area contributed by atoms with Crippen LogP contribution in [0.25, 0.3) is 0 Å². The molecule has 1 rings (SSSR count). The summed E-state index contributed by atoms with van der Waals surface area (Å²) in [5, 5.41) is 10.9. The van der Waals surface area contributed by atoms with E-state index in [2.05, 4.69) is 26.0 Å². The van der Waals surface area contributed by atoms with E-state index in [1.165, 1.54) is 7.11 Å². The summed E-state index contributed by atoms with van der Waals surface area (Å²) in [4.78, 5) is 11.4. The molecule has 0 aromatic rings. The number of ether oxygens (including phenoxy) is 1. The molecule has 1 aliphatic rings. The van der Waals surface area contributed by atoms with Gasteiger partial charge in [0.1, 0.15) is 0 Å². The summed E-state index contributed by atoms with van der Waals surface area (Å²) < 4.78 is 5.38. The molecule has 0 aromatic heterocycles. The highest BCUT2D eigenvalue weighted by Gasteiger charge is 2.22. The van der Waals surface area contributed by atoms with Crippen LogP contribution in [0.15, 0.2) is 34.0 Å². The second-order valence-electron chi connectivity index (χ2n) is 3.08. The van der Waals surface area contributed by atoms with Crippen molar-refractivity contribution in [2.24, 2.45) is 0 Å². The lowest BCUT2D eigenvalue weighted by Crippen LogP contribution is -2.20. The number of hydrogen-bond acceptors (Lipinski definition) is 4. The molecule has 4 nitrogen and oxygen atoms in total. The summed E-state index contributed by atoms with van der Waals surface area (Å²) in [5.74, 6) is -0.497. The quantitative estimate of drug-likeness (QED) is 0.778. The number of allylic oxidation sites excluding steroid dienone is 4. The number of halogens is 1. The van der Waals surface area contributed by atoms with Gasteiger partial charge in [-0.25, -0.2) is 4.79 Å². The molecule has 86 valence electrons. The topological polar surface area (TPSA) is 62.2 Å². The smallest absolute Gasteiger partial charge is 0.340 e. The molecule has 0 amide bonds. The summed E-state index contributed by atoms with van der Waals surface area (Å²) in [6.45, 7) is 2.71. The fourth-order valence-corrected chi connectivity index (χ4v) is 1.66. The lowest BCUT2D eigenvalue weighted by Gasteiger charge is -2.14. The molecule has 16 heavy (non-hydrogen) atoms. The Balaban J connectivity index is 3.03. The van der Waals surface area contributed by atoms with Gasteiger partial charge in [-0.15, -0.1) is 0 Å². The van der Waals surface area contributed by atoms with Crippen LogP contribution in [0, 0.1) is 5.41 Å². The molecular formula is C11H13BrN2O2. The molecule has 0 aliphatic heterocycles. The maximum absolute atomic E-state index is 11.4. The van der Waals surface area contributed by atoms with Crippen molar-refractivity contribution in [1.29, 1.82) is 5.41 Å². The van der Waals surface area contributed by atoms with E-state index in [-0.39, 0.29) is 11.3 Å². The molecule has 0 saturated carbocycles. The maximum atomic E-state index is 11.4. The van der Waals surface area contributed by atoms with Crippen molar-refractivity contribution in [2.75, 3.05) is 13.7 Å². The van der Waals surface area contributed by atoms with Gasteiger partial charge in [0.15, 0.2) is 0 Å². The summed E-state index contributed by atoms with van der Waals surface area (Å²) in [5.41, 5.74) is 1.06. The Hall–Kier alpha value is -1.36. The number of nitrogens with one attached hydrogen (secondary N) is 2. The number of carbonyl (C=O) groups excluding carboxylic acids is 1. The third kappa shape index (κ3) is 2.61. The van der Waals surface area contributed by atoms with Crippen LogP contribution in [0.3, 0.4) is 0 Å². The van der Waals surface area contributed by atoms with E-state index in [0.717, 1.165) is 11.0 Å². The van der Waals surface area contributed by atoms with Crippen molar-refractivity contribution >= 4 is 27.6 Å². The van der Waals surface area contributed by atoms with Gasteiger partial charge in [-0.3, -0.25) is 5.41 Å². The molecule has 0 spiro atoms. The van der Waals surface area contributed by atoms with Gasteiger partial charge in [0, 0.05) is 22.8 Å². The second kappa shape index (κ2) is 5.65. The van der Waals surface area contributed by atoms with Gasteiger partial charge >= 0.3 is 5.97 Å². The van der Waals surface area contributed by atoms with Crippen molar-refractivity contribution < 1.29 is 9.53 Å². The minimum absolute atomic E-state index is 0.155. The SMILES string of the molecule is CCN/C=C1\C(=N)C(C(=O)OC)=CC=C1Br. The van der Waals surface area contributed by atoms with Crippen molar-refractivity contribution in [3.63, 3.8) is 0 Å². The van der Waals surface area contributed by atoms with Crippen molar-refractivity contribution in [3.8, 4) is 0 Å². The number of esters is 1. The Morgan fingerprint density at radius 1 is 1.62 bits per heavy atom. The molecule has 0 radical (unpaired) electrons. The van der Waals surface area contributed by atoms with E-state index in [9.17, 15) is 4.79 Å². The number of methoxy groups -OCH3 is 1. The average molecular weight is 285 g/mol. The molecular weight excluding hydrogens is 272 g/mol. The summed E-state index contributed by atoms with van der Waals surface area (Å²) in [6, 6.07) is 0. The van der Waals surface area contributed by atoms with Crippen molar-refractivity contribution in [3.05, 3.63) is 34.0 Å². The molecule has 0 heterocycles.